The molecule has 88 valence electrons. The van der Waals surface area contributed by atoms with Crippen LogP contribution in [0, 0.1) is 0 Å². The number of nitrogens with one attached hydrogen (secondary N) is 1. The lowest BCUT2D eigenvalue weighted by atomic mass is 10.1. The monoisotopic (exact) mass is 229 g/mol. The third kappa shape index (κ3) is 2.81. The molecule has 4 heteroatoms. The zero-order chi connectivity index (χ0) is 12.3. The molecule has 0 radical (unpaired) electrons. The molecule has 2 aromatic rings. The molecule has 0 amide bonds. The Bertz CT molecular complexity index is 509. The second-order valence-electron chi connectivity index (χ2n) is 3.86. The fraction of sp³-hybridized carbons (Fsp3) is 0.0769. The van der Waals surface area contributed by atoms with Crippen LogP contribution in [0.25, 0.3) is 0 Å². The van der Waals surface area contributed by atoms with E-state index in [1.807, 2.05) is 24.3 Å². The van der Waals surface area contributed by atoms with Gasteiger partial charge in [-0.2, -0.15) is 0 Å². The lowest BCUT2D eigenvalue weighted by molar-refractivity contribution is 0.475. The molecule has 0 heterocycles. The number of phenols is 1. The standard InChI is InChI=1S/C13H15N3O/c14-10-2-1-9(13(15)7-10)8-16-11-3-5-12(17)6-4-11/h1-7,16-17H,8,14-15H2. The molecular weight excluding hydrogens is 214 g/mol. The van der Waals surface area contributed by atoms with E-state index in [0.29, 0.717) is 17.9 Å². The zero-order valence-electron chi connectivity index (χ0n) is 9.35. The van der Waals surface area contributed by atoms with Gasteiger partial charge in [-0.3, -0.25) is 0 Å². The fourth-order valence-corrected chi connectivity index (χ4v) is 1.55. The van der Waals surface area contributed by atoms with Crippen molar-refractivity contribution in [2.24, 2.45) is 0 Å². The average molecular weight is 229 g/mol. The molecule has 6 N–H and O–H groups in total. The number of phenolic OH excluding ortho intramolecular Hbond substituents is 1. The van der Waals surface area contributed by atoms with Crippen LogP contribution < -0.4 is 16.8 Å². The maximum Gasteiger partial charge on any atom is 0.115 e. The van der Waals surface area contributed by atoms with Crippen molar-refractivity contribution in [1.82, 2.24) is 0 Å². The summed E-state index contributed by atoms with van der Waals surface area (Å²) in [6, 6.07) is 12.4. The van der Waals surface area contributed by atoms with Crippen LogP contribution >= 0.6 is 0 Å². The Hall–Kier alpha value is -2.36. The molecule has 0 unspecified atom stereocenters. The molecule has 0 atom stereocenters. The van der Waals surface area contributed by atoms with E-state index in [9.17, 15) is 0 Å². The molecule has 0 aliphatic rings. The molecule has 17 heavy (non-hydrogen) atoms. The minimum absolute atomic E-state index is 0.252. The highest BCUT2D eigenvalue weighted by atomic mass is 16.3. The maximum atomic E-state index is 9.15. The van der Waals surface area contributed by atoms with E-state index in [1.54, 1.807) is 18.2 Å². The smallest absolute Gasteiger partial charge is 0.115 e. The van der Waals surface area contributed by atoms with Gasteiger partial charge in [-0.15, -0.1) is 0 Å². The van der Waals surface area contributed by atoms with E-state index in [2.05, 4.69) is 5.32 Å². The number of nitrogen functional groups attached to an aromatic ring is 2. The van der Waals surface area contributed by atoms with E-state index in [4.69, 9.17) is 16.6 Å². The van der Waals surface area contributed by atoms with Crippen LogP contribution in [-0.2, 0) is 6.54 Å². The van der Waals surface area contributed by atoms with Gasteiger partial charge in [0.2, 0.25) is 0 Å². The highest BCUT2D eigenvalue weighted by molar-refractivity contribution is 5.58. The zero-order valence-corrected chi connectivity index (χ0v) is 9.35. The van der Waals surface area contributed by atoms with Crippen molar-refractivity contribution < 1.29 is 5.11 Å². The molecule has 0 saturated heterocycles. The van der Waals surface area contributed by atoms with Crippen LogP contribution in [0.3, 0.4) is 0 Å². The quantitative estimate of drug-likeness (QED) is 0.480. The Kier molecular flexibility index (Phi) is 3.05. The van der Waals surface area contributed by atoms with E-state index in [1.165, 1.54) is 0 Å². The molecule has 2 rings (SSSR count). The van der Waals surface area contributed by atoms with Crippen molar-refractivity contribution >= 4 is 17.1 Å². The molecule has 0 spiro atoms. The SMILES string of the molecule is Nc1ccc(CNc2ccc(O)cc2)c(N)c1. The number of hydrogen-bond donors (Lipinski definition) is 4. The summed E-state index contributed by atoms with van der Waals surface area (Å²) >= 11 is 0. The number of aromatic hydroxyl groups is 1. The topological polar surface area (TPSA) is 84.3 Å². The van der Waals surface area contributed by atoms with Gasteiger partial charge >= 0.3 is 0 Å². The van der Waals surface area contributed by atoms with Gasteiger partial charge in [0.25, 0.3) is 0 Å². The van der Waals surface area contributed by atoms with Crippen LogP contribution in [0.15, 0.2) is 42.5 Å². The summed E-state index contributed by atoms with van der Waals surface area (Å²) in [6.45, 7) is 0.622. The van der Waals surface area contributed by atoms with Crippen molar-refractivity contribution in [2.75, 3.05) is 16.8 Å². The van der Waals surface area contributed by atoms with Crippen molar-refractivity contribution in [1.29, 1.82) is 0 Å². The van der Waals surface area contributed by atoms with E-state index >= 15 is 0 Å². The lowest BCUT2D eigenvalue weighted by Gasteiger charge is -2.09. The Morgan fingerprint density at radius 2 is 1.71 bits per heavy atom. The first-order valence-corrected chi connectivity index (χ1v) is 5.32. The number of benzene rings is 2. The summed E-state index contributed by atoms with van der Waals surface area (Å²) < 4.78 is 0. The van der Waals surface area contributed by atoms with Crippen molar-refractivity contribution in [3.63, 3.8) is 0 Å². The number of rotatable bonds is 3. The molecule has 0 bridgehead atoms. The average Bonchev–Trinajstić information content (AvgIpc) is 2.30. The molecule has 0 saturated carbocycles. The lowest BCUT2D eigenvalue weighted by Crippen LogP contribution is -2.03. The van der Waals surface area contributed by atoms with Gasteiger partial charge in [0, 0.05) is 23.6 Å². The minimum atomic E-state index is 0.252. The normalized spacial score (nSPS) is 10.1. The summed E-state index contributed by atoms with van der Waals surface area (Å²) in [5.41, 5.74) is 14.7. The second-order valence-corrected chi connectivity index (χ2v) is 3.86. The van der Waals surface area contributed by atoms with Gasteiger partial charge in [-0.05, 0) is 42.0 Å². The van der Waals surface area contributed by atoms with Gasteiger partial charge in [-0.25, -0.2) is 0 Å². The van der Waals surface area contributed by atoms with Gasteiger partial charge < -0.3 is 21.9 Å². The summed E-state index contributed by atoms with van der Waals surface area (Å²) in [5.74, 6) is 0.252. The van der Waals surface area contributed by atoms with Crippen LogP contribution in [0.5, 0.6) is 5.75 Å². The summed E-state index contributed by atoms with van der Waals surface area (Å²) in [4.78, 5) is 0. The molecule has 2 aromatic carbocycles. The van der Waals surface area contributed by atoms with Gasteiger partial charge in [0.05, 0.1) is 0 Å². The van der Waals surface area contributed by atoms with Gasteiger partial charge in [0.1, 0.15) is 5.75 Å². The Balaban J connectivity index is 2.04. The summed E-state index contributed by atoms with van der Waals surface area (Å²) in [6.07, 6.45) is 0. The molecule has 0 aliphatic carbocycles. The molecular formula is C13H15N3O. The Morgan fingerprint density at radius 1 is 1.00 bits per heavy atom. The summed E-state index contributed by atoms with van der Waals surface area (Å²) in [7, 11) is 0. The maximum absolute atomic E-state index is 9.15. The molecule has 4 nitrogen and oxygen atoms in total. The highest BCUT2D eigenvalue weighted by Gasteiger charge is 1.99. The first-order valence-electron chi connectivity index (χ1n) is 5.32. The predicted octanol–water partition coefficient (Wildman–Crippen LogP) is 2.17. The van der Waals surface area contributed by atoms with Gasteiger partial charge in [0.15, 0.2) is 0 Å². The Morgan fingerprint density at radius 3 is 2.35 bits per heavy atom. The van der Waals surface area contributed by atoms with E-state index in [-0.39, 0.29) is 5.75 Å². The van der Waals surface area contributed by atoms with Crippen molar-refractivity contribution in [3.05, 3.63) is 48.0 Å². The number of hydrogen-bond acceptors (Lipinski definition) is 4. The van der Waals surface area contributed by atoms with Crippen LogP contribution in [0.4, 0.5) is 17.1 Å². The van der Waals surface area contributed by atoms with Crippen LogP contribution in [-0.4, -0.2) is 5.11 Å². The minimum Gasteiger partial charge on any atom is -0.508 e. The van der Waals surface area contributed by atoms with Crippen LogP contribution in [0.2, 0.25) is 0 Å². The third-order valence-electron chi connectivity index (χ3n) is 2.52. The van der Waals surface area contributed by atoms with E-state index in [0.717, 1.165) is 11.3 Å². The largest absolute Gasteiger partial charge is 0.508 e. The third-order valence-corrected chi connectivity index (χ3v) is 2.52. The highest BCUT2D eigenvalue weighted by Crippen LogP contribution is 2.18. The summed E-state index contributed by atoms with van der Waals surface area (Å²) in [5, 5.41) is 12.4. The number of anilines is 3. The Labute approximate surface area is 99.9 Å². The second kappa shape index (κ2) is 4.65. The van der Waals surface area contributed by atoms with E-state index < -0.39 is 0 Å². The van der Waals surface area contributed by atoms with Crippen molar-refractivity contribution in [2.45, 2.75) is 6.54 Å². The molecule has 0 aliphatic heterocycles. The first kappa shape index (κ1) is 11.1. The van der Waals surface area contributed by atoms with Crippen LogP contribution in [0.1, 0.15) is 5.56 Å². The first-order chi connectivity index (χ1) is 8.15. The number of nitrogens with two attached hydrogens (primary N) is 2. The van der Waals surface area contributed by atoms with Gasteiger partial charge in [-0.1, -0.05) is 6.07 Å². The molecule has 0 aromatic heterocycles. The fourth-order valence-electron chi connectivity index (χ4n) is 1.55. The molecule has 0 fully saturated rings. The predicted molar refractivity (Wildman–Crippen MR) is 70.7 cm³/mol. The van der Waals surface area contributed by atoms with Crippen molar-refractivity contribution in [3.8, 4) is 5.75 Å².